The maximum absolute atomic E-state index is 13.6. The van der Waals surface area contributed by atoms with Gasteiger partial charge >= 0.3 is 6.18 Å². The number of aromatic amines is 1. The molecule has 2 aromatic rings. The smallest absolute Gasteiger partial charge is 0.357 e. The zero-order chi connectivity index (χ0) is 20.1. The summed E-state index contributed by atoms with van der Waals surface area (Å²) < 4.78 is 42.0. The quantitative estimate of drug-likeness (QED) is 0.851. The van der Waals surface area contributed by atoms with Gasteiger partial charge in [0.05, 0.1) is 17.9 Å². The first-order valence-corrected chi connectivity index (χ1v) is 9.54. The Hall–Kier alpha value is -2.29. The molecule has 0 bridgehead atoms. The highest BCUT2D eigenvalue weighted by atomic mass is 19.4. The maximum atomic E-state index is 13.6. The summed E-state index contributed by atoms with van der Waals surface area (Å²) >= 11 is 0. The second kappa shape index (κ2) is 6.95. The van der Waals surface area contributed by atoms with Crippen LogP contribution in [-0.4, -0.2) is 56.9 Å². The highest BCUT2D eigenvalue weighted by Gasteiger charge is 2.42. The lowest BCUT2D eigenvalue weighted by Gasteiger charge is -2.32. The number of hydrogen-bond acceptors (Lipinski definition) is 3. The topological polar surface area (TPSA) is 57.2 Å². The van der Waals surface area contributed by atoms with Crippen LogP contribution in [0.25, 0.3) is 0 Å². The summed E-state index contributed by atoms with van der Waals surface area (Å²) in [7, 11) is 2.01. The van der Waals surface area contributed by atoms with Crippen molar-refractivity contribution >= 4 is 5.91 Å². The van der Waals surface area contributed by atoms with Gasteiger partial charge in [-0.15, -0.1) is 0 Å². The van der Waals surface area contributed by atoms with Crippen LogP contribution in [0.3, 0.4) is 0 Å². The van der Waals surface area contributed by atoms with Crippen molar-refractivity contribution in [2.45, 2.75) is 44.9 Å². The summed E-state index contributed by atoms with van der Waals surface area (Å²) in [6, 6.07) is 1.81. The molecule has 1 fully saturated rings. The number of carbonyl (C=O) groups is 1. The molecule has 0 atom stereocenters. The molecule has 0 spiro atoms. The lowest BCUT2D eigenvalue weighted by molar-refractivity contribution is -0.147. The van der Waals surface area contributed by atoms with Crippen molar-refractivity contribution in [3.63, 3.8) is 0 Å². The van der Waals surface area contributed by atoms with Crippen molar-refractivity contribution in [1.82, 2.24) is 24.3 Å². The Bertz CT molecular complexity index is 877. The largest absolute Gasteiger partial charge is 0.449 e. The summed E-state index contributed by atoms with van der Waals surface area (Å²) in [5.74, 6) is -1.02. The second-order valence-corrected chi connectivity index (χ2v) is 7.76. The molecule has 0 aliphatic carbocycles. The molecule has 152 valence electrons. The van der Waals surface area contributed by atoms with Gasteiger partial charge in [0, 0.05) is 25.2 Å². The number of piperidine rings is 1. The number of imidazole rings is 1. The van der Waals surface area contributed by atoms with Gasteiger partial charge in [0.1, 0.15) is 5.69 Å². The van der Waals surface area contributed by atoms with E-state index in [1.165, 1.54) is 4.57 Å². The number of hydrogen-bond donors (Lipinski definition) is 1. The van der Waals surface area contributed by atoms with Crippen LogP contribution in [0.2, 0.25) is 0 Å². The molecular weight excluding hydrogens is 371 g/mol. The van der Waals surface area contributed by atoms with Crippen LogP contribution in [0.5, 0.6) is 0 Å². The van der Waals surface area contributed by atoms with Crippen LogP contribution in [-0.2, 0) is 19.3 Å². The van der Waals surface area contributed by atoms with E-state index in [1.807, 2.05) is 20.0 Å². The molecule has 2 aliphatic heterocycles. The van der Waals surface area contributed by atoms with E-state index >= 15 is 0 Å². The van der Waals surface area contributed by atoms with Crippen molar-refractivity contribution < 1.29 is 18.0 Å². The van der Waals surface area contributed by atoms with Crippen LogP contribution >= 0.6 is 0 Å². The van der Waals surface area contributed by atoms with Crippen LogP contribution in [0, 0.1) is 6.92 Å². The van der Waals surface area contributed by atoms with E-state index in [-0.39, 0.29) is 31.5 Å². The molecule has 6 nitrogen and oxygen atoms in total. The normalized spacial score (nSPS) is 19.1. The second-order valence-electron chi connectivity index (χ2n) is 7.76. The first-order valence-electron chi connectivity index (χ1n) is 9.54. The number of nitrogens with zero attached hydrogens (tertiary/aromatic N) is 4. The fourth-order valence-electron chi connectivity index (χ4n) is 4.23. The van der Waals surface area contributed by atoms with Crippen LogP contribution < -0.4 is 0 Å². The van der Waals surface area contributed by atoms with E-state index in [4.69, 9.17) is 0 Å². The molecule has 4 heterocycles. The summed E-state index contributed by atoms with van der Waals surface area (Å²) in [6.45, 7) is 4.00. The molecule has 1 N–H and O–H groups in total. The van der Waals surface area contributed by atoms with Gasteiger partial charge in [-0.3, -0.25) is 4.79 Å². The van der Waals surface area contributed by atoms with Crippen LogP contribution in [0.1, 0.15) is 52.0 Å². The van der Waals surface area contributed by atoms with Crippen molar-refractivity contribution in [2.24, 2.45) is 0 Å². The van der Waals surface area contributed by atoms with Crippen LogP contribution in [0.15, 0.2) is 12.3 Å². The van der Waals surface area contributed by atoms with E-state index in [2.05, 4.69) is 14.9 Å². The predicted octanol–water partition coefficient (Wildman–Crippen LogP) is 3.00. The van der Waals surface area contributed by atoms with Gasteiger partial charge in [-0.2, -0.15) is 13.2 Å². The fraction of sp³-hybridized carbons (Fsp3) is 0.579. The van der Waals surface area contributed by atoms with Crippen molar-refractivity contribution in [3.8, 4) is 0 Å². The molecule has 1 saturated heterocycles. The molecule has 0 radical (unpaired) electrons. The van der Waals surface area contributed by atoms with E-state index in [1.54, 1.807) is 11.1 Å². The summed E-state index contributed by atoms with van der Waals surface area (Å²) in [5, 5.41) is 0. The molecule has 1 amide bonds. The predicted molar refractivity (Wildman–Crippen MR) is 97.0 cm³/mol. The number of rotatable bonds is 2. The molecule has 0 aromatic carbocycles. The Balaban J connectivity index is 1.68. The van der Waals surface area contributed by atoms with E-state index < -0.39 is 12.0 Å². The summed E-state index contributed by atoms with van der Waals surface area (Å²) in [6.07, 6.45) is -1.24. The Morgan fingerprint density at radius 2 is 1.93 bits per heavy atom. The number of carbonyl (C=O) groups excluding carboxylic acids is 1. The monoisotopic (exact) mass is 395 g/mol. The Kier molecular flexibility index (Phi) is 4.73. The van der Waals surface area contributed by atoms with Crippen molar-refractivity contribution in [3.05, 3.63) is 40.7 Å². The van der Waals surface area contributed by atoms with E-state index in [0.717, 1.165) is 31.5 Å². The first-order chi connectivity index (χ1) is 13.3. The van der Waals surface area contributed by atoms with Crippen LogP contribution in [0.4, 0.5) is 13.2 Å². The molecule has 28 heavy (non-hydrogen) atoms. The molecule has 2 aliphatic rings. The minimum absolute atomic E-state index is 0.00386. The van der Waals surface area contributed by atoms with E-state index in [9.17, 15) is 18.0 Å². The molecule has 9 heteroatoms. The minimum atomic E-state index is -4.50. The molecule has 4 rings (SSSR count). The zero-order valence-electron chi connectivity index (χ0n) is 16.0. The highest BCUT2D eigenvalue weighted by Crippen LogP contribution is 2.37. The zero-order valence-corrected chi connectivity index (χ0v) is 16.0. The number of H-pyrrole nitrogens is 1. The lowest BCUT2D eigenvalue weighted by Crippen LogP contribution is -2.40. The Morgan fingerprint density at radius 1 is 1.21 bits per heavy atom. The average Bonchev–Trinajstić information content (AvgIpc) is 3.25. The number of aryl methyl sites for hydroxylation is 1. The van der Waals surface area contributed by atoms with Crippen molar-refractivity contribution in [1.29, 1.82) is 0 Å². The highest BCUT2D eigenvalue weighted by molar-refractivity contribution is 5.93. The van der Waals surface area contributed by atoms with Gasteiger partial charge in [-0.1, -0.05) is 0 Å². The SMILES string of the molecule is Cc1cc[nH]c1C(=O)N1CCn2c(C(F)(F)F)nc(C3CCN(C)CC3)c2C1. The van der Waals surface area contributed by atoms with Gasteiger partial charge in [0.25, 0.3) is 5.91 Å². The third-order valence-corrected chi connectivity index (χ3v) is 5.85. The fourth-order valence-corrected chi connectivity index (χ4v) is 4.23. The van der Waals surface area contributed by atoms with Gasteiger partial charge in [0.15, 0.2) is 0 Å². The molecular formula is C19H24F3N5O. The number of nitrogens with one attached hydrogen (secondary N) is 1. The molecule has 2 aromatic heterocycles. The first kappa shape index (κ1) is 19.0. The van der Waals surface area contributed by atoms with Gasteiger partial charge in [0.2, 0.25) is 5.82 Å². The van der Waals surface area contributed by atoms with Gasteiger partial charge in [-0.05, 0) is 51.5 Å². The molecule has 0 unspecified atom stereocenters. The number of likely N-dealkylation sites (tertiary alicyclic amines) is 1. The maximum Gasteiger partial charge on any atom is 0.449 e. The Morgan fingerprint density at radius 3 is 2.54 bits per heavy atom. The number of alkyl halides is 3. The standard InChI is InChI=1S/C19H24F3N5O/c1-12-3-6-23-15(12)17(28)26-9-10-27-14(11-26)16(24-18(27)19(20,21)22)13-4-7-25(2)8-5-13/h3,6,13,23H,4-5,7-11H2,1-2H3. The third-order valence-electron chi connectivity index (χ3n) is 5.85. The van der Waals surface area contributed by atoms with Crippen molar-refractivity contribution in [2.75, 3.05) is 26.7 Å². The minimum Gasteiger partial charge on any atom is -0.357 e. The van der Waals surface area contributed by atoms with Gasteiger partial charge < -0.3 is 19.4 Å². The number of fused-ring (bicyclic) bond motifs is 1. The number of amides is 1. The Labute approximate surface area is 161 Å². The average molecular weight is 395 g/mol. The van der Waals surface area contributed by atoms with Gasteiger partial charge in [-0.25, -0.2) is 4.98 Å². The lowest BCUT2D eigenvalue weighted by atomic mass is 9.92. The van der Waals surface area contributed by atoms with E-state index in [0.29, 0.717) is 17.1 Å². The summed E-state index contributed by atoms with van der Waals surface area (Å²) in [5.41, 5.74) is 2.37. The number of aromatic nitrogens is 3. The summed E-state index contributed by atoms with van der Waals surface area (Å²) in [4.78, 5) is 23.7. The number of halogens is 3. The molecule has 0 saturated carbocycles. The third kappa shape index (κ3) is 3.32.